The van der Waals surface area contributed by atoms with Crippen molar-refractivity contribution in [1.82, 2.24) is 9.13 Å². The van der Waals surface area contributed by atoms with E-state index in [4.69, 9.17) is 0 Å². The number of hydrogen-bond acceptors (Lipinski definition) is 1. The van der Waals surface area contributed by atoms with Gasteiger partial charge in [0, 0.05) is 21.5 Å². The number of aryl methyl sites for hydroxylation is 9. The number of hydrogen-bond donors (Lipinski definition) is 0. The first kappa shape index (κ1) is 45.4. The molecule has 3 heteroatoms. The predicted molar refractivity (Wildman–Crippen MR) is 310 cm³/mol. The number of nitrogens with zero attached hydrogens (tertiary/aromatic N) is 3. The molecular formula is C70H57N3. The van der Waals surface area contributed by atoms with Crippen LogP contribution in [0.2, 0.25) is 0 Å². The summed E-state index contributed by atoms with van der Waals surface area (Å²) in [5.74, 6) is 0. The van der Waals surface area contributed by atoms with E-state index < -0.39 is 0 Å². The van der Waals surface area contributed by atoms with E-state index in [9.17, 15) is 5.26 Å². The predicted octanol–water partition coefficient (Wildman–Crippen LogP) is 18.9. The van der Waals surface area contributed by atoms with Gasteiger partial charge in [0.15, 0.2) is 0 Å². The third kappa shape index (κ3) is 8.10. The molecule has 12 aromatic rings. The first-order valence-corrected chi connectivity index (χ1v) is 25.4. The van der Waals surface area contributed by atoms with Crippen LogP contribution in [0, 0.1) is 73.6 Å². The second-order valence-corrected chi connectivity index (χ2v) is 21.0. The molecule has 0 amide bonds. The number of fused-ring (bicyclic) bond motifs is 6. The van der Waals surface area contributed by atoms with Crippen LogP contribution in [0.4, 0.5) is 0 Å². The number of aromatic nitrogens is 2. The fourth-order valence-corrected chi connectivity index (χ4v) is 12.0. The molecule has 2 aromatic heterocycles. The van der Waals surface area contributed by atoms with Crippen LogP contribution in [0.15, 0.2) is 182 Å². The van der Waals surface area contributed by atoms with Gasteiger partial charge >= 0.3 is 0 Å². The fourth-order valence-electron chi connectivity index (χ4n) is 12.0. The minimum atomic E-state index is 0.638. The lowest BCUT2D eigenvalue weighted by atomic mass is 9.97. The molecule has 0 fully saturated rings. The molecule has 352 valence electrons. The van der Waals surface area contributed by atoms with E-state index in [0.29, 0.717) is 5.56 Å². The van der Waals surface area contributed by atoms with Crippen LogP contribution in [0.3, 0.4) is 0 Å². The van der Waals surface area contributed by atoms with Gasteiger partial charge in [0.25, 0.3) is 0 Å². The van der Waals surface area contributed by atoms with Gasteiger partial charge < -0.3 is 9.13 Å². The average molecular weight is 940 g/mol. The van der Waals surface area contributed by atoms with Crippen LogP contribution in [0.1, 0.15) is 55.6 Å². The zero-order valence-corrected chi connectivity index (χ0v) is 43.2. The van der Waals surface area contributed by atoms with Gasteiger partial charge in [0.1, 0.15) is 0 Å². The molecule has 0 spiro atoms. The monoisotopic (exact) mass is 939 g/mol. The maximum Gasteiger partial charge on any atom is 0.0991 e. The van der Waals surface area contributed by atoms with Gasteiger partial charge in [-0.2, -0.15) is 5.26 Å². The fraction of sp³-hybridized carbons (Fsp3) is 0.129. The molecule has 2 heterocycles. The Morgan fingerprint density at radius 3 is 0.918 bits per heavy atom. The van der Waals surface area contributed by atoms with E-state index in [1.54, 1.807) is 0 Å². The Bertz CT molecular complexity index is 4020. The van der Waals surface area contributed by atoms with Crippen LogP contribution in [-0.4, -0.2) is 9.13 Å². The van der Waals surface area contributed by atoms with E-state index in [2.05, 4.69) is 241 Å². The van der Waals surface area contributed by atoms with Crippen molar-refractivity contribution >= 4 is 43.6 Å². The van der Waals surface area contributed by atoms with Gasteiger partial charge in [-0.3, -0.25) is 0 Å². The van der Waals surface area contributed by atoms with Crippen molar-refractivity contribution in [3.8, 4) is 73.1 Å². The summed E-state index contributed by atoms with van der Waals surface area (Å²) in [4.78, 5) is 0. The van der Waals surface area contributed by atoms with Gasteiger partial charge in [-0.15, -0.1) is 0 Å². The van der Waals surface area contributed by atoms with Crippen molar-refractivity contribution in [3.05, 3.63) is 238 Å². The van der Waals surface area contributed by atoms with Crippen molar-refractivity contribution in [1.29, 1.82) is 5.26 Å². The Labute approximate surface area is 428 Å². The SMILES string of the molecule is Cc1cc(C)cc(-c2ccc3c(c2)c2cc(-c4cc(C)cc(C)c4)ccc2n3-c2cc(C)c(-c3cccc(C#N)c3)cc2-n2c3ccc(-c4cc(C)cc(C)c4)cc3c3cc(-c4cc(C)cc(C)c4)ccc32)c1. The molecule has 0 N–H and O–H groups in total. The highest BCUT2D eigenvalue weighted by Crippen LogP contribution is 2.44. The molecule has 0 saturated carbocycles. The normalized spacial score (nSPS) is 11.6. The molecule has 12 rings (SSSR count). The third-order valence-electron chi connectivity index (χ3n) is 14.9. The molecule has 0 bridgehead atoms. The summed E-state index contributed by atoms with van der Waals surface area (Å²) in [6, 6.07) is 70.7. The summed E-state index contributed by atoms with van der Waals surface area (Å²) >= 11 is 0. The number of benzene rings is 10. The number of rotatable bonds is 7. The standard InChI is InChI=1S/C70H57N3/c1-41-21-42(2)26-56(25-41)51-13-17-65-61(35-51)62-36-52(57-27-43(3)22-44(4)28-57)14-18-66(62)72(65)69-33-49(9)60(55-12-10-11-50(34-55)40-71)39-70(69)73-67-19-15-53(58-29-45(5)23-46(6)30-58)37-63(67)64-38-54(16-20-68(64)73)59-31-47(7)24-48(8)32-59/h10-39H,1-9H3. The second kappa shape index (κ2) is 17.5. The van der Waals surface area contributed by atoms with Crippen LogP contribution in [-0.2, 0) is 0 Å². The lowest BCUT2D eigenvalue weighted by molar-refractivity contribution is 1.09. The van der Waals surface area contributed by atoms with Crippen molar-refractivity contribution < 1.29 is 0 Å². The summed E-state index contributed by atoms with van der Waals surface area (Å²) in [7, 11) is 0. The summed E-state index contributed by atoms with van der Waals surface area (Å²) in [5.41, 5.74) is 30.2. The Morgan fingerprint density at radius 1 is 0.288 bits per heavy atom. The molecule has 0 unspecified atom stereocenters. The maximum absolute atomic E-state index is 10.1. The quantitative estimate of drug-likeness (QED) is 0.157. The Morgan fingerprint density at radius 2 is 0.603 bits per heavy atom. The van der Waals surface area contributed by atoms with Crippen LogP contribution in [0.25, 0.3) is 111 Å². The van der Waals surface area contributed by atoms with E-state index >= 15 is 0 Å². The van der Waals surface area contributed by atoms with Crippen LogP contribution in [0.5, 0.6) is 0 Å². The second-order valence-electron chi connectivity index (χ2n) is 21.0. The topological polar surface area (TPSA) is 33.6 Å². The molecule has 0 saturated heterocycles. The summed E-state index contributed by atoms with van der Waals surface area (Å²) in [5, 5.41) is 14.9. The van der Waals surface area contributed by atoms with Gasteiger partial charge in [-0.05, 0) is 196 Å². The molecule has 0 aliphatic carbocycles. The van der Waals surface area contributed by atoms with E-state index in [1.165, 1.54) is 111 Å². The Kier molecular flexibility index (Phi) is 10.9. The smallest absolute Gasteiger partial charge is 0.0991 e. The zero-order chi connectivity index (χ0) is 50.4. The molecule has 3 nitrogen and oxygen atoms in total. The largest absolute Gasteiger partial charge is 0.307 e. The van der Waals surface area contributed by atoms with E-state index in [1.807, 2.05) is 18.2 Å². The Balaban J connectivity index is 1.20. The van der Waals surface area contributed by atoms with E-state index in [-0.39, 0.29) is 0 Å². The highest BCUT2D eigenvalue weighted by Gasteiger charge is 2.24. The minimum Gasteiger partial charge on any atom is -0.307 e. The summed E-state index contributed by atoms with van der Waals surface area (Å²) in [6.45, 7) is 19.7. The Hall–Kier alpha value is -8.71. The zero-order valence-electron chi connectivity index (χ0n) is 43.2. The molecular weight excluding hydrogens is 883 g/mol. The molecule has 73 heavy (non-hydrogen) atoms. The lowest BCUT2D eigenvalue weighted by Gasteiger charge is -2.20. The molecule has 0 radical (unpaired) electrons. The third-order valence-corrected chi connectivity index (χ3v) is 14.9. The molecule has 0 aliphatic heterocycles. The van der Waals surface area contributed by atoms with Gasteiger partial charge in [-0.1, -0.05) is 154 Å². The highest BCUT2D eigenvalue weighted by molar-refractivity contribution is 6.14. The lowest BCUT2D eigenvalue weighted by Crippen LogP contribution is -2.05. The first-order valence-electron chi connectivity index (χ1n) is 25.4. The van der Waals surface area contributed by atoms with Crippen molar-refractivity contribution in [3.63, 3.8) is 0 Å². The summed E-state index contributed by atoms with van der Waals surface area (Å²) in [6.07, 6.45) is 0. The van der Waals surface area contributed by atoms with Gasteiger partial charge in [0.05, 0.1) is 45.1 Å². The average Bonchev–Trinajstić information content (AvgIpc) is 3.86. The molecule has 0 aliphatic rings. The van der Waals surface area contributed by atoms with Crippen molar-refractivity contribution in [2.24, 2.45) is 0 Å². The van der Waals surface area contributed by atoms with Crippen molar-refractivity contribution in [2.45, 2.75) is 62.3 Å². The molecule has 10 aromatic carbocycles. The molecule has 0 atom stereocenters. The van der Waals surface area contributed by atoms with Crippen molar-refractivity contribution in [2.75, 3.05) is 0 Å². The highest BCUT2D eigenvalue weighted by atomic mass is 15.1. The minimum absolute atomic E-state index is 0.638. The first-order chi connectivity index (χ1) is 35.2. The maximum atomic E-state index is 10.1. The van der Waals surface area contributed by atoms with Gasteiger partial charge in [0.2, 0.25) is 0 Å². The summed E-state index contributed by atoms with van der Waals surface area (Å²) < 4.78 is 5.00. The van der Waals surface area contributed by atoms with Gasteiger partial charge in [-0.25, -0.2) is 0 Å². The van der Waals surface area contributed by atoms with E-state index in [0.717, 1.165) is 50.1 Å². The van der Waals surface area contributed by atoms with Crippen LogP contribution >= 0.6 is 0 Å². The van der Waals surface area contributed by atoms with Crippen LogP contribution < -0.4 is 0 Å². The number of nitriles is 1.